The van der Waals surface area contributed by atoms with E-state index in [-0.39, 0.29) is 42.6 Å². The summed E-state index contributed by atoms with van der Waals surface area (Å²) in [6.45, 7) is 7.39. The Hall–Kier alpha value is -4.68. The lowest BCUT2D eigenvalue weighted by Crippen LogP contribution is -2.47. The van der Waals surface area contributed by atoms with Gasteiger partial charge in [-0.05, 0) is 90.9 Å². The molecule has 2 fully saturated rings. The first-order valence-electron chi connectivity index (χ1n) is 21.0. The van der Waals surface area contributed by atoms with Crippen molar-refractivity contribution >= 4 is 15.9 Å². The number of hydrogen-bond acceptors (Lipinski definition) is 7. The first kappa shape index (κ1) is 42.4. The van der Waals surface area contributed by atoms with E-state index in [1.54, 1.807) is 24.3 Å². The maximum atomic E-state index is 13.7. The molecule has 0 spiro atoms. The van der Waals surface area contributed by atoms with Crippen LogP contribution in [0.5, 0.6) is 0 Å². The Balaban J connectivity index is 1.04. The number of nitrogens with one attached hydrogen (secondary N) is 2. The number of aliphatic hydroxyl groups excluding tert-OH is 1. The molecule has 3 N–H and O–H groups in total. The zero-order valence-electron chi connectivity index (χ0n) is 34.1. The monoisotopic (exact) mass is 815 g/mol. The highest BCUT2D eigenvalue weighted by atomic mass is 32.2. The van der Waals surface area contributed by atoms with Gasteiger partial charge in [0.25, 0.3) is 0 Å². The number of carbonyl (C=O) groups excluding carboxylic acids is 1. The van der Waals surface area contributed by atoms with Crippen LogP contribution in [0.4, 0.5) is 0 Å². The largest absolute Gasteiger partial charge is 0.392 e. The predicted molar refractivity (Wildman–Crippen MR) is 232 cm³/mol. The summed E-state index contributed by atoms with van der Waals surface area (Å²) < 4.78 is 43.0. The lowest BCUT2D eigenvalue weighted by atomic mass is 9.89. The molecule has 0 bridgehead atoms. The van der Waals surface area contributed by atoms with E-state index in [1.807, 2.05) is 73.7 Å². The molecule has 2 saturated heterocycles. The van der Waals surface area contributed by atoms with Crippen LogP contribution in [0.25, 0.3) is 11.1 Å². The lowest BCUT2D eigenvalue weighted by molar-refractivity contribution is -0.276. The average molecular weight is 816 g/mol. The fourth-order valence-corrected chi connectivity index (χ4v) is 9.29. The Bertz CT molecular complexity index is 2210. The van der Waals surface area contributed by atoms with Gasteiger partial charge >= 0.3 is 0 Å². The van der Waals surface area contributed by atoms with E-state index in [1.165, 1.54) is 32.1 Å². The Morgan fingerprint density at radius 2 is 1.41 bits per heavy atom. The zero-order valence-corrected chi connectivity index (χ0v) is 34.9. The van der Waals surface area contributed by atoms with Crippen LogP contribution in [0, 0.1) is 12.8 Å². The second-order valence-corrected chi connectivity index (χ2v) is 17.8. The third-order valence-electron chi connectivity index (χ3n) is 11.6. The Kier molecular flexibility index (Phi) is 14.4. The summed E-state index contributed by atoms with van der Waals surface area (Å²) in [5, 5.41) is 12.6. The van der Waals surface area contributed by atoms with Gasteiger partial charge in [-0.3, -0.25) is 4.79 Å². The number of sulfonamides is 1. The number of benzene rings is 5. The van der Waals surface area contributed by atoms with Gasteiger partial charge in [0.2, 0.25) is 15.9 Å². The highest BCUT2D eigenvalue weighted by Crippen LogP contribution is 2.42. The molecule has 2 aliphatic rings. The third-order valence-corrected chi connectivity index (χ3v) is 13.1. The molecule has 310 valence electrons. The van der Waals surface area contributed by atoms with Gasteiger partial charge in [-0.15, -0.1) is 0 Å². The Morgan fingerprint density at radius 1 is 0.746 bits per heavy atom. The molecule has 5 aromatic carbocycles. The molecule has 0 aromatic heterocycles. The molecule has 5 aromatic rings. The van der Waals surface area contributed by atoms with Crippen molar-refractivity contribution in [1.29, 1.82) is 0 Å². The zero-order chi connectivity index (χ0) is 41.2. The van der Waals surface area contributed by atoms with Crippen LogP contribution in [0.15, 0.2) is 132 Å². The van der Waals surface area contributed by atoms with Crippen molar-refractivity contribution in [2.75, 3.05) is 19.6 Å². The molecule has 7 rings (SSSR count). The maximum absolute atomic E-state index is 13.7. The molecule has 1 amide bonds. The van der Waals surface area contributed by atoms with Crippen LogP contribution < -0.4 is 10.0 Å². The van der Waals surface area contributed by atoms with Crippen LogP contribution in [0.1, 0.15) is 84.8 Å². The van der Waals surface area contributed by atoms with Gasteiger partial charge in [-0.1, -0.05) is 141 Å². The summed E-state index contributed by atoms with van der Waals surface area (Å²) in [4.78, 5) is 16.4. The minimum Gasteiger partial charge on any atom is -0.392 e. The number of likely N-dealkylation sites (tertiary alicyclic amines) is 1. The van der Waals surface area contributed by atoms with E-state index in [9.17, 15) is 18.3 Å². The van der Waals surface area contributed by atoms with Gasteiger partial charge in [-0.2, -0.15) is 4.72 Å². The van der Waals surface area contributed by atoms with Gasteiger partial charge in [0.1, 0.15) is 6.04 Å². The van der Waals surface area contributed by atoms with E-state index in [0.717, 1.165) is 64.1 Å². The number of aliphatic hydroxyl groups is 1. The van der Waals surface area contributed by atoms with E-state index in [4.69, 9.17) is 9.47 Å². The molecule has 9 nitrogen and oxygen atoms in total. The second-order valence-electron chi connectivity index (χ2n) is 16.1. The molecular weight excluding hydrogens is 759 g/mol. The standard InChI is InChI=1S/C49H57N3O6S/c1-35-16-26-44(27-17-35)59(55,56)51-45(31-37-12-7-6-8-13-37)48(54)50-32-39-14-11-15-43(30-39)40-22-24-42(25-23-40)49-57-46(33-52-28-9-4-3-5-10-29-52)36(2)47(58-49)41-20-18-38(34-53)19-21-41/h6-8,11-27,30,36,45-47,49,51,53H,3-5,9-10,28-29,31-34H2,1-2H3,(H,50,54)/t36-,45-,46+,47+,49+/m1/s1. The average Bonchev–Trinajstić information content (AvgIpc) is 3.25. The Morgan fingerprint density at radius 3 is 2.10 bits per heavy atom. The van der Waals surface area contributed by atoms with Gasteiger partial charge in [0.05, 0.1) is 23.7 Å². The first-order valence-corrected chi connectivity index (χ1v) is 22.5. The lowest BCUT2D eigenvalue weighted by Gasteiger charge is -2.43. The number of nitrogens with zero attached hydrogens (tertiary/aromatic N) is 1. The molecule has 59 heavy (non-hydrogen) atoms. The van der Waals surface area contributed by atoms with Crippen molar-refractivity contribution in [3.63, 3.8) is 0 Å². The highest BCUT2D eigenvalue weighted by Gasteiger charge is 2.39. The number of hydrogen-bond donors (Lipinski definition) is 3. The predicted octanol–water partition coefficient (Wildman–Crippen LogP) is 8.42. The molecule has 0 unspecified atom stereocenters. The van der Waals surface area contributed by atoms with Crippen molar-refractivity contribution in [2.45, 2.75) is 95.0 Å². The molecule has 10 heteroatoms. The summed E-state index contributed by atoms with van der Waals surface area (Å²) in [6, 6.07) is 39.3. The summed E-state index contributed by atoms with van der Waals surface area (Å²) in [7, 11) is -3.95. The van der Waals surface area contributed by atoms with E-state index >= 15 is 0 Å². The van der Waals surface area contributed by atoms with E-state index in [0.29, 0.717) is 0 Å². The molecule has 0 saturated carbocycles. The van der Waals surface area contributed by atoms with Crippen LogP contribution in [0.2, 0.25) is 0 Å². The Labute approximate surface area is 349 Å². The number of ether oxygens (including phenoxy) is 2. The van der Waals surface area contributed by atoms with Crippen molar-refractivity contribution in [3.8, 4) is 11.1 Å². The fraction of sp³-hybridized carbons (Fsp3) is 0.367. The van der Waals surface area contributed by atoms with Crippen LogP contribution in [0.3, 0.4) is 0 Å². The minimum absolute atomic E-state index is 0.00266. The molecule has 0 aliphatic carbocycles. The van der Waals surface area contributed by atoms with Gasteiger partial charge in [0.15, 0.2) is 6.29 Å². The fourth-order valence-electron chi connectivity index (χ4n) is 8.09. The molecule has 0 radical (unpaired) electrons. The van der Waals surface area contributed by atoms with Gasteiger partial charge in [0, 0.05) is 24.6 Å². The summed E-state index contributed by atoms with van der Waals surface area (Å²) >= 11 is 0. The van der Waals surface area contributed by atoms with Crippen molar-refractivity contribution in [2.24, 2.45) is 5.92 Å². The SMILES string of the molecule is Cc1ccc(S(=O)(=O)N[C@H](Cc2ccccc2)C(=O)NCc2cccc(-c3ccc([C@H]4O[C@@H](CN5CCCCCCC5)[C@@H](C)[C@@H](c5ccc(CO)cc5)O4)cc3)c2)cc1. The maximum Gasteiger partial charge on any atom is 0.241 e. The second kappa shape index (κ2) is 20.1. The van der Waals surface area contributed by atoms with Crippen LogP contribution in [-0.2, 0) is 43.9 Å². The molecule has 2 heterocycles. The summed E-state index contributed by atoms with van der Waals surface area (Å²) in [6.07, 6.45) is 5.77. The molecule has 5 atom stereocenters. The van der Waals surface area contributed by atoms with Crippen LogP contribution >= 0.6 is 0 Å². The van der Waals surface area contributed by atoms with Crippen molar-refractivity contribution < 1.29 is 27.8 Å². The minimum atomic E-state index is -3.95. The topological polar surface area (TPSA) is 117 Å². The van der Waals surface area contributed by atoms with E-state index < -0.39 is 28.3 Å². The normalized spacial score (nSPS) is 20.9. The first-order chi connectivity index (χ1) is 28.6. The van der Waals surface area contributed by atoms with Crippen molar-refractivity contribution in [3.05, 3.63) is 161 Å². The number of carbonyl (C=O) groups is 1. The number of rotatable bonds is 14. The molecular formula is C49H57N3O6S. The quantitative estimate of drug-likeness (QED) is 0.103. The highest BCUT2D eigenvalue weighted by molar-refractivity contribution is 7.89. The van der Waals surface area contributed by atoms with Gasteiger partial charge < -0.3 is 24.8 Å². The van der Waals surface area contributed by atoms with E-state index in [2.05, 4.69) is 58.3 Å². The number of amides is 1. The summed E-state index contributed by atoms with van der Waals surface area (Å²) in [5.74, 6) is -0.283. The number of aryl methyl sites for hydroxylation is 1. The third kappa shape index (κ3) is 11.3. The molecule has 2 aliphatic heterocycles. The summed E-state index contributed by atoms with van der Waals surface area (Å²) in [5.41, 5.74) is 7.56. The van der Waals surface area contributed by atoms with Crippen molar-refractivity contribution in [1.82, 2.24) is 14.9 Å². The smallest absolute Gasteiger partial charge is 0.241 e. The van der Waals surface area contributed by atoms with Crippen LogP contribution in [-0.4, -0.2) is 56.1 Å². The van der Waals surface area contributed by atoms with Gasteiger partial charge in [-0.25, -0.2) is 8.42 Å².